The number of carbonyl (C=O) groups is 2. The molecule has 0 spiro atoms. The first-order chi connectivity index (χ1) is 15.2. The van der Waals surface area contributed by atoms with Gasteiger partial charge in [-0.1, -0.05) is 35.9 Å². The number of piperidine rings is 1. The van der Waals surface area contributed by atoms with Gasteiger partial charge in [-0.25, -0.2) is 12.8 Å². The van der Waals surface area contributed by atoms with Crippen LogP contribution >= 0.6 is 11.6 Å². The fourth-order valence-corrected chi connectivity index (χ4v) is 5.30. The predicted molar refractivity (Wildman–Crippen MR) is 117 cm³/mol. The Morgan fingerprint density at radius 1 is 1.12 bits per heavy atom. The minimum absolute atomic E-state index is 0.0834. The maximum atomic E-state index is 14.0. The Balaban J connectivity index is 1.70. The number of esters is 1. The number of ether oxygens (including phenoxy) is 1. The molecular formula is C22H24ClFN2O5S. The maximum Gasteiger partial charge on any atom is 0.325 e. The zero-order valence-electron chi connectivity index (χ0n) is 17.5. The standard InChI is InChI=1S/C22H24ClFN2O5S/c1-31-21(27)15-25(14-16-6-8-18(23)9-7-16)22(28)17-10-12-26(13-11-17)32(29,30)20-5-3-2-4-19(20)24/h2-9,17H,10-15H2,1H3. The Kier molecular flexibility index (Phi) is 7.86. The lowest BCUT2D eigenvalue weighted by Crippen LogP contribution is -2.45. The minimum atomic E-state index is -3.99. The molecule has 172 valence electrons. The molecule has 1 heterocycles. The summed E-state index contributed by atoms with van der Waals surface area (Å²) in [5, 5.41) is 0.558. The van der Waals surface area contributed by atoms with Crippen LogP contribution in [0.2, 0.25) is 5.02 Å². The Morgan fingerprint density at radius 3 is 2.34 bits per heavy atom. The van der Waals surface area contributed by atoms with Gasteiger partial charge in [0.2, 0.25) is 15.9 Å². The third-order valence-corrected chi connectivity index (χ3v) is 7.59. The lowest BCUT2D eigenvalue weighted by atomic mass is 9.96. The number of benzene rings is 2. The van der Waals surface area contributed by atoms with Crippen LogP contribution in [0.15, 0.2) is 53.4 Å². The van der Waals surface area contributed by atoms with Gasteiger partial charge >= 0.3 is 5.97 Å². The highest BCUT2D eigenvalue weighted by atomic mass is 35.5. The fourth-order valence-electron chi connectivity index (χ4n) is 3.64. The van der Waals surface area contributed by atoms with Crippen molar-refractivity contribution in [1.82, 2.24) is 9.21 Å². The molecule has 1 saturated heterocycles. The van der Waals surface area contributed by atoms with Gasteiger partial charge in [0, 0.05) is 30.6 Å². The molecule has 1 aliphatic rings. The summed E-state index contributed by atoms with van der Waals surface area (Å²) < 4.78 is 45.5. The Hall–Kier alpha value is -2.49. The molecule has 2 aromatic rings. The third-order valence-electron chi connectivity index (χ3n) is 5.40. The molecule has 0 bridgehead atoms. The average molecular weight is 483 g/mol. The van der Waals surface area contributed by atoms with Gasteiger partial charge < -0.3 is 9.64 Å². The lowest BCUT2D eigenvalue weighted by molar-refractivity contribution is -0.149. The van der Waals surface area contributed by atoms with Gasteiger partial charge in [-0.2, -0.15) is 4.31 Å². The Morgan fingerprint density at radius 2 is 1.75 bits per heavy atom. The van der Waals surface area contributed by atoms with Crippen LogP contribution in [0.1, 0.15) is 18.4 Å². The van der Waals surface area contributed by atoms with Crippen molar-refractivity contribution in [3.8, 4) is 0 Å². The highest BCUT2D eigenvalue weighted by molar-refractivity contribution is 7.89. The quantitative estimate of drug-likeness (QED) is 0.566. The Bertz CT molecular complexity index is 1070. The molecule has 0 aromatic heterocycles. The molecule has 32 heavy (non-hydrogen) atoms. The van der Waals surface area contributed by atoms with Crippen LogP contribution in [0.5, 0.6) is 0 Å². The van der Waals surface area contributed by atoms with Crippen LogP contribution in [-0.4, -0.2) is 56.2 Å². The smallest absolute Gasteiger partial charge is 0.325 e. The summed E-state index contributed by atoms with van der Waals surface area (Å²) in [5.74, 6) is -2.07. The number of halogens is 2. The molecule has 1 aliphatic heterocycles. The second-order valence-electron chi connectivity index (χ2n) is 7.51. The predicted octanol–water partition coefficient (Wildman–Crippen LogP) is 3.08. The van der Waals surface area contributed by atoms with Crippen molar-refractivity contribution in [2.45, 2.75) is 24.3 Å². The van der Waals surface area contributed by atoms with Crippen molar-refractivity contribution in [3.63, 3.8) is 0 Å². The molecule has 3 rings (SSSR count). The van der Waals surface area contributed by atoms with E-state index in [1.54, 1.807) is 24.3 Å². The number of methoxy groups -OCH3 is 1. The van der Waals surface area contributed by atoms with Gasteiger partial charge in [0.1, 0.15) is 17.3 Å². The number of rotatable bonds is 7. The van der Waals surface area contributed by atoms with Crippen LogP contribution in [0.3, 0.4) is 0 Å². The summed E-state index contributed by atoms with van der Waals surface area (Å²) >= 11 is 5.91. The monoisotopic (exact) mass is 482 g/mol. The lowest BCUT2D eigenvalue weighted by Gasteiger charge is -2.33. The van der Waals surface area contributed by atoms with Gasteiger partial charge in [-0.15, -0.1) is 0 Å². The molecule has 0 unspecified atom stereocenters. The highest BCUT2D eigenvalue weighted by Gasteiger charge is 2.35. The first kappa shape index (κ1) is 24.2. The van der Waals surface area contributed by atoms with E-state index in [0.717, 1.165) is 11.6 Å². The third kappa shape index (κ3) is 5.65. The SMILES string of the molecule is COC(=O)CN(Cc1ccc(Cl)cc1)C(=O)C1CCN(S(=O)(=O)c2ccccc2F)CC1. The van der Waals surface area contributed by atoms with E-state index >= 15 is 0 Å². The summed E-state index contributed by atoms with van der Waals surface area (Å²) in [4.78, 5) is 26.1. The van der Waals surface area contributed by atoms with E-state index in [1.165, 1.54) is 34.5 Å². The molecule has 0 aliphatic carbocycles. The molecule has 0 saturated carbocycles. The van der Waals surface area contributed by atoms with Crippen LogP contribution < -0.4 is 0 Å². The molecular weight excluding hydrogens is 459 g/mol. The molecule has 0 atom stereocenters. The molecule has 2 aromatic carbocycles. The molecule has 10 heteroatoms. The number of hydrogen-bond acceptors (Lipinski definition) is 5. The molecule has 0 N–H and O–H groups in total. The van der Waals surface area contributed by atoms with Crippen molar-refractivity contribution in [1.29, 1.82) is 0 Å². The molecule has 7 nitrogen and oxygen atoms in total. The van der Waals surface area contributed by atoms with Crippen molar-refractivity contribution < 1.29 is 27.1 Å². The van der Waals surface area contributed by atoms with Crippen molar-refractivity contribution in [2.24, 2.45) is 5.92 Å². The summed E-state index contributed by atoms with van der Waals surface area (Å²) in [6.07, 6.45) is 0.537. The van der Waals surface area contributed by atoms with E-state index in [1.807, 2.05) is 0 Å². The average Bonchev–Trinajstić information content (AvgIpc) is 2.79. The van der Waals surface area contributed by atoms with E-state index in [2.05, 4.69) is 0 Å². The molecule has 1 amide bonds. The Labute approximate surface area is 191 Å². The van der Waals surface area contributed by atoms with E-state index in [9.17, 15) is 22.4 Å². The summed E-state index contributed by atoms with van der Waals surface area (Å²) in [7, 11) is -2.74. The second kappa shape index (κ2) is 10.4. The number of sulfonamides is 1. The number of carbonyl (C=O) groups excluding carboxylic acids is 2. The topological polar surface area (TPSA) is 84.0 Å². The van der Waals surface area contributed by atoms with Gasteiger partial charge in [0.05, 0.1) is 7.11 Å². The van der Waals surface area contributed by atoms with Gasteiger partial charge in [-0.05, 0) is 42.7 Å². The second-order valence-corrected chi connectivity index (χ2v) is 9.85. The maximum absolute atomic E-state index is 14.0. The van der Waals surface area contributed by atoms with Crippen LogP contribution in [0, 0.1) is 11.7 Å². The van der Waals surface area contributed by atoms with Crippen molar-refractivity contribution >= 4 is 33.5 Å². The molecule has 1 fully saturated rings. The van der Waals surface area contributed by atoms with E-state index < -0.39 is 27.7 Å². The van der Waals surface area contributed by atoms with E-state index in [0.29, 0.717) is 5.02 Å². The first-order valence-electron chi connectivity index (χ1n) is 10.1. The zero-order chi connectivity index (χ0) is 23.3. The van der Waals surface area contributed by atoms with Gasteiger partial charge in [-0.3, -0.25) is 9.59 Å². The fraction of sp³-hybridized carbons (Fsp3) is 0.364. The van der Waals surface area contributed by atoms with Crippen LogP contribution in [0.25, 0.3) is 0 Å². The number of hydrogen-bond donors (Lipinski definition) is 0. The highest BCUT2D eigenvalue weighted by Crippen LogP contribution is 2.27. The number of amides is 1. The number of nitrogens with zero attached hydrogens (tertiary/aromatic N) is 2. The van der Waals surface area contributed by atoms with E-state index in [4.69, 9.17) is 16.3 Å². The van der Waals surface area contributed by atoms with E-state index in [-0.39, 0.29) is 49.8 Å². The van der Waals surface area contributed by atoms with Crippen LogP contribution in [0.4, 0.5) is 4.39 Å². The van der Waals surface area contributed by atoms with Gasteiger partial charge in [0.15, 0.2) is 0 Å². The van der Waals surface area contributed by atoms with Crippen LogP contribution in [-0.2, 0) is 30.9 Å². The largest absolute Gasteiger partial charge is 0.468 e. The zero-order valence-corrected chi connectivity index (χ0v) is 19.1. The molecule has 0 radical (unpaired) electrons. The first-order valence-corrected chi connectivity index (χ1v) is 11.9. The van der Waals surface area contributed by atoms with Crippen molar-refractivity contribution in [2.75, 3.05) is 26.7 Å². The van der Waals surface area contributed by atoms with Gasteiger partial charge in [0.25, 0.3) is 0 Å². The minimum Gasteiger partial charge on any atom is -0.468 e. The summed E-state index contributed by atoms with van der Waals surface area (Å²) in [6.45, 7) is 0.144. The summed E-state index contributed by atoms with van der Waals surface area (Å²) in [6, 6.07) is 12.2. The normalized spacial score (nSPS) is 15.3. The van der Waals surface area contributed by atoms with Crippen molar-refractivity contribution in [3.05, 3.63) is 64.9 Å². The summed E-state index contributed by atoms with van der Waals surface area (Å²) in [5.41, 5.74) is 0.797.